The van der Waals surface area contributed by atoms with Crippen LogP contribution in [0.2, 0.25) is 0 Å². The Bertz CT molecular complexity index is 52.4. The molecule has 0 aliphatic heterocycles. The molecule has 0 aromatic heterocycles. The van der Waals surface area contributed by atoms with Gasteiger partial charge in [0.1, 0.15) is 0 Å². The topological polar surface area (TPSA) is 3.24 Å². The van der Waals surface area contributed by atoms with Crippen LogP contribution in [0.25, 0.3) is 0 Å². The number of hydrogen-bond donors (Lipinski definition) is 0. The van der Waals surface area contributed by atoms with Crippen molar-refractivity contribution in [2.24, 2.45) is 0 Å². The molecule has 0 rings (SSSR count). The van der Waals surface area contributed by atoms with Crippen molar-refractivity contribution in [2.45, 2.75) is 0 Å². The third-order valence-electron chi connectivity index (χ3n) is 0.200. The van der Waals surface area contributed by atoms with Crippen molar-refractivity contribution in [3.8, 4) is 5.75 Å². The molecule has 0 radical (unpaired) electrons. The van der Waals surface area contributed by atoms with Crippen LogP contribution in [0, 0.1) is 5.75 Å². The second-order valence-electron chi connectivity index (χ2n) is 0.994. The van der Waals surface area contributed by atoms with Crippen LogP contribution in [0.1, 0.15) is 0 Å². The Balaban J connectivity index is 2.94. The Morgan fingerprint density at radius 1 is 1.60 bits per heavy atom. The maximum absolute atomic E-state index is 3.69. The fraction of sp³-hybridized carbons (Fsp3) is 0.667. The van der Waals surface area contributed by atoms with E-state index < -0.39 is 0 Å². The summed E-state index contributed by atoms with van der Waals surface area (Å²) in [6.45, 7) is 0. The first-order valence-electron chi connectivity index (χ1n) is 1.34. The molecule has 0 bridgehead atoms. The summed E-state index contributed by atoms with van der Waals surface area (Å²) in [6.07, 6.45) is 0. The predicted octanol–water partition coefficient (Wildman–Crippen LogP) is 0.875. The van der Waals surface area contributed by atoms with Gasteiger partial charge in [-0.05, 0) is 0 Å². The third-order valence-corrected chi connectivity index (χ3v) is 0.600. The van der Waals surface area contributed by atoms with E-state index in [1.54, 1.807) is 4.90 Å². The molecule has 0 atom stereocenters. The van der Waals surface area contributed by atoms with Crippen molar-refractivity contribution in [2.75, 3.05) is 14.1 Å². The monoisotopic (exact) mass is 87.0 g/mol. The second-order valence-corrected chi connectivity index (χ2v) is 1.19. The zero-order valence-electron chi connectivity index (χ0n) is 3.39. The molecule has 0 saturated heterocycles. The van der Waals surface area contributed by atoms with Crippen molar-refractivity contribution in [3.63, 3.8) is 0 Å². The minimum atomic E-state index is 1.74. The van der Waals surface area contributed by atoms with E-state index in [0.717, 1.165) is 0 Å². The van der Waals surface area contributed by atoms with Crippen molar-refractivity contribution < 1.29 is 0 Å². The van der Waals surface area contributed by atoms with Crippen LogP contribution in [-0.4, -0.2) is 19.0 Å². The van der Waals surface area contributed by atoms with Crippen LogP contribution in [0.15, 0.2) is 0 Å². The van der Waals surface area contributed by atoms with Gasteiger partial charge >= 0.3 is 33.4 Å². The molecular formula is C3H6NP. The van der Waals surface area contributed by atoms with Crippen LogP contribution in [0.3, 0.4) is 0 Å². The average molecular weight is 87.1 g/mol. The van der Waals surface area contributed by atoms with E-state index in [0.29, 0.717) is 0 Å². The van der Waals surface area contributed by atoms with Crippen molar-refractivity contribution >= 4 is 8.70 Å². The SMILES string of the molecule is CN(C)C#P. The summed E-state index contributed by atoms with van der Waals surface area (Å²) in [7, 11) is 7.43. The van der Waals surface area contributed by atoms with Crippen molar-refractivity contribution in [3.05, 3.63) is 0 Å². The van der Waals surface area contributed by atoms with Crippen LogP contribution in [-0.2, 0) is 0 Å². The molecule has 5 heavy (non-hydrogen) atoms. The molecular weight excluding hydrogens is 81.0 g/mol. The van der Waals surface area contributed by atoms with Crippen molar-refractivity contribution in [1.82, 2.24) is 4.90 Å². The van der Waals surface area contributed by atoms with Crippen LogP contribution in [0.5, 0.6) is 0 Å². The molecule has 28 valence electrons. The van der Waals surface area contributed by atoms with E-state index >= 15 is 0 Å². The van der Waals surface area contributed by atoms with Gasteiger partial charge in [0, 0.05) is 0 Å². The quantitative estimate of drug-likeness (QED) is 0.313. The third kappa shape index (κ3) is 4.17. The van der Waals surface area contributed by atoms with Gasteiger partial charge in [-0.25, -0.2) is 0 Å². The fourth-order valence-electron chi connectivity index (χ4n) is 0. The van der Waals surface area contributed by atoms with E-state index in [2.05, 4.69) is 14.4 Å². The van der Waals surface area contributed by atoms with Crippen LogP contribution in [0.4, 0.5) is 0 Å². The van der Waals surface area contributed by atoms with Crippen LogP contribution < -0.4 is 0 Å². The Labute approximate surface area is 34.5 Å². The van der Waals surface area contributed by atoms with Gasteiger partial charge in [-0.1, -0.05) is 0 Å². The molecule has 0 aromatic rings. The molecule has 0 aliphatic carbocycles. The summed E-state index contributed by atoms with van der Waals surface area (Å²) in [5.41, 5.74) is 0. The molecule has 0 spiro atoms. The summed E-state index contributed by atoms with van der Waals surface area (Å²) in [5.74, 6) is 2.56. The van der Waals surface area contributed by atoms with Gasteiger partial charge in [-0.15, -0.1) is 0 Å². The maximum atomic E-state index is 3.69. The summed E-state index contributed by atoms with van der Waals surface area (Å²) in [4.78, 5) is 1.74. The van der Waals surface area contributed by atoms with Gasteiger partial charge in [-0.2, -0.15) is 0 Å². The Hall–Kier alpha value is 0.170. The number of nitrogens with zero attached hydrogens (tertiary/aromatic N) is 1. The summed E-state index contributed by atoms with van der Waals surface area (Å²) in [6, 6.07) is 0. The van der Waals surface area contributed by atoms with E-state index in [1.165, 1.54) is 0 Å². The predicted molar refractivity (Wildman–Crippen MR) is 24.5 cm³/mol. The normalized spacial score (nSPS) is 7.60. The first-order valence-corrected chi connectivity index (χ1v) is 1.79. The molecule has 0 amide bonds. The average Bonchev–Trinajstić information content (AvgIpc) is 1.38. The van der Waals surface area contributed by atoms with Gasteiger partial charge < -0.3 is 0 Å². The van der Waals surface area contributed by atoms with E-state index in [4.69, 9.17) is 0 Å². The second kappa shape index (κ2) is 2.41. The van der Waals surface area contributed by atoms with Crippen molar-refractivity contribution in [1.29, 1.82) is 0 Å². The molecule has 0 fully saturated rings. The number of rotatable bonds is 0. The van der Waals surface area contributed by atoms with Gasteiger partial charge in [0.25, 0.3) is 0 Å². The minimum absolute atomic E-state index is 1.74. The Kier molecular flexibility index (Phi) is 2.49. The van der Waals surface area contributed by atoms with Gasteiger partial charge in [-0.3, -0.25) is 0 Å². The summed E-state index contributed by atoms with van der Waals surface area (Å²) < 4.78 is 0. The van der Waals surface area contributed by atoms with Gasteiger partial charge in [0.2, 0.25) is 0 Å². The Morgan fingerprint density at radius 3 is 1.80 bits per heavy atom. The molecule has 2 heteroatoms. The summed E-state index contributed by atoms with van der Waals surface area (Å²) >= 11 is 0. The molecule has 1 nitrogen and oxygen atoms in total. The molecule has 0 aliphatic rings. The number of hydrogen-bond acceptors (Lipinski definition) is 1. The van der Waals surface area contributed by atoms with E-state index in [-0.39, 0.29) is 0 Å². The first kappa shape index (κ1) is 5.17. The molecule has 0 saturated carbocycles. The fourth-order valence-corrected chi connectivity index (χ4v) is 0. The standard InChI is InChI=1S/C3H6NP/c1-4(2)3-5/h1-2H3. The van der Waals surface area contributed by atoms with E-state index in [9.17, 15) is 0 Å². The molecule has 0 N–H and O–H groups in total. The zero-order valence-corrected chi connectivity index (χ0v) is 4.29. The van der Waals surface area contributed by atoms with Gasteiger partial charge in [0.15, 0.2) is 0 Å². The zero-order chi connectivity index (χ0) is 4.28. The van der Waals surface area contributed by atoms with E-state index in [1.807, 2.05) is 14.1 Å². The van der Waals surface area contributed by atoms with Gasteiger partial charge in [0.05, 0.1) is 0 Å². The molecule has 0 unspecified atom stereocenters. The Morgan fingerprint density at radius 2 is 1.80 bits per heavy atom. The molecule has 0 heterocycles. The summed E-state index contributed by atoms with van der Waals surface area (Å²) in [5, 5.41) is 0. The first-order chi connectivity index (χ1) is 2.27. The molecule has 0 aromatic carbocycles. The van der Waals surface area contributed by atoms with Crippen LogP contribution >= 0.6 is 8.70 Å².